The molecule has 0 saturated carbocycles. The first-order valence-corrected chi connectivity index (χ1v) is 4.89. The molecule has 2 saturated heterocycles. The fourth-order valence-electron chi connectivity index (χ4n) is 2.28. The maximum absolute atomic E-state index is 3.56. The zero-order valence-corrected chi connectivity index (χ0v) is 7.10. The Kier molecular flexibility index (Phi) is 2.44. The summed E-state index contributed by atoms with van der Waals surface area (Å²) in [7, 11) is 0. The second-order valence-electron chi connectivity index (χ2n) is 3.89. The lowest BCUT2D eigenvalue weighted by atomic mass is 9.98. The van der Waals surface area contributed by atoms with E-state index in [4.69, 9.17) is 0 Å². The van der Waals surface area contributed by atoms with Crippen molar-refractivity contribution in [2.24, 2.45) is 5.92 Å². The summed E-state index contributed by atoms with van der Waals surface area (Å²) in [5.74, 6) is 0.964. The van der Waals surface area contributed by atoms with Gasteiger partial charge in [0, 0.05) is 6.04 Å². The van der Waals surface area contributed by atoms with E-state index in [9.17, 15) is 0 Å². The molecule has 2 heterocycles. The first kappa shape index (κ1) is 7.56. The molecule has 0 aliphatic carbocycles. The summed E-state index contributed by atoms with van der Waals surface area (Å²) < 4.78 is 0. The van der Waals surface area contributed by atoms with Gasteiger partial charge in [0.15, 0.2) is 0 Å². The molecule has 0 spiro atoms. The van der Waals surface area contributed by atoms with E-state index in [1.807, 2.05) is 0 Å². The van der Waals surface area contributed by atoms with E-state index in [-0.39, 0.29) is 0 Å². The van der Waals surface area contributed by atoms with Crippen LogP contribution in [0.4, 0.5) is 0 Å². The molecule has 2 rings (SSSR count). The monoisotopic (exact) mass is 154 g/mol. The molecule has 2 fully saturated rings. The highest BCUT2D eigenvalue weighted by molar-refractivity contribution is 4.80. The summed E-state index contributed by atoms with van der Waals surface area (Å²) in [6, 6.07) is 0.847. The van der Waals surface area contributed by atoms with Gasteiger partial charge in [-0.15, -0.1) is 0 Å². The third-order valence-corrected chi connectivity index (χ3v) is 2.94. The lowest BCUT2D eigenvalue weighted by Crippen LogP contribution is -2.25. The van der Waals surface area contributed by atoms with E-state index in [2.05, 4.69) is 10.6 Å². The standard InChI is InChI=1S/C9H18N2/c1-2-9(11-4-1)6-8-3-5-10-7-8/h8-11H,1-7H2. The molecule has 2 heteroatoms. The van der Waals surface area contributed by atoms with Crippen molar-refractivity contribution in [3.05, 3.63) is 0 Å². The van der Waals surface area contributed by atoms with Crippen molar-refractivity contribution >= 4 is 0 Å². The number of rotatable bonds is 2. The van der Waals surface area contributed by atoms with Crippen LogP contribution in [0.5, 0.6) is 0 Å². The van der Waals surface area contributed by atoms with Gasteiger partial charge < -0.3 is 10.6 Å². The second-order valence-corrected chi connectivity index (χ2v) is 3.89. The van der Waals surface area contributed by atoms with Gasteiger partial charge in [-0.2, -0.15) is 0 Å². The summed E-state index contributed by atoms with van der Waals surface area (Å²) in [6.45, 7) is 3.76. The van der Waals surface area contributed by atoms with Crippen molar-refractivity contribution in [1.82, 2.24) is 10.6 Å². The number of hydrogen-bond acceptors (Lipinski definition) is 2. The number of hydrogen-bond donors (Lipinski definition) is 2. The maximum atomic E-state index is 3.56. The topological polar surface area (TPSA) is 24.1 Å². The SMILES string of the molecule is C1CNC(CC2CCNC2)C1. The maximum Gasteiger partial charge on any atom is 0.00706 e. The Hall–Kier alpha value is -0.0800. The molecule has 0 radical (unpaired) electrons. The molecule has 2 atom stereocenters. The normalized spacial score (nSPS) is 38.2. The first-order chi connectivity index (χ1) is 5.45. The van der Waals surface area contributed by atoms with E-state index < -0.39 is 0 Å². The minimum Gasteiger partial charge on any atom is -0.316 e. The largest absolute Gasteiger partial charge is 0.316 e. The van der Waals surface area contributed by atoms with Crippen molar-refractivity contribution in [3.8, 4) is 0 Å². The predicted molar refractivity (Wildman–Crippen MR) is 46.6 cm³/mol. The summed E-state index contributed by atoms with van der Waals surface area (Å²) in [5.41, 5.74) is 0. The van der Waals surface area contributed by atoms with Crippen LogP contribution in [-0.2, 0) is 0 Å². The highest BCUT2D eigenvalue weighted by atomic mass is 14.9. The van der Waals surface area contributed by atoms with Gasteiger partial charge in [0.25, 0.3) is 0 Å². The van der Waals surface area contributed by atoms with Gasteiger partial charge in [-0.05, 0) is 51.2 Å². The van der Waals surface area contributed by atoms with Crippen LogP contribution in [0.1, 0.15) is 25.7 Å². The van der Waals surface area contributed by atoms with Crippen molar-refractivity contribution in [1.29, 1.82) is 0 Å². The quantitative estimate of drug-likeness (QED) is 0.613. The van der Waals surface area contributed by atoms with Gasteiger partial charge in [-0.1, -0.05) is 0 Å². The molecule has 0 aromatic rings. The fraction of sp³-hybridized carbons (Fsp3) is 1.00. The van der Waals surface area contributed by atoms with E-state index >= 15 is 0 Å². The highest BCUT2D eigenvalue weighted by Gasteiger charge is 2.21. The second kappa shape index (κ2) is 3.55. The Morgan fingerprint density at radius 3 is 2.82 bits per heavy atom. The zero-order valence-electron chi connectivity index (χ0n) is 7.10. The van der Waals surface area contributed by atoms with Crippen LogP contribution in [0.2, 0.25) is 0 Å². The van der Waals surface area contributed by atoms with Crippen molar-refractivity contribution < 1.29 is 0 Å². The Morgan fingerprint density at radius 2 is 2.18 bits per heavy atom. The summed E-state index contributed by atoms with van der Waals surface area (Å²) in [5, 5.41) is 6.97. The Balaban J connectivity index is 1.71. The molecule has 64 valence electrons. The van der Waals surface area contributed by atoms with Crippen LogP contribution >= 0.6 is 0 Å². The van der Waals surface area contributed by atoms with Crippen LogP contribution in [0.25, 0.3) is 0 Å². The molecule has 11 heavy (non-hydrogen) atoms. The molecule has 2 nitrogen and oxygen atoms in total. The molecular formula is C9H18N2. The Labute approximate surface area is 68.7 Å². The van der Waals surface area contributed by atoms with Crippen molar-refractivity contribution in [2.75, 3.05) is 19.6 Å². The zero-order chi connectivity index (χ0) is 7.52. The Morgan fingerprint density at radius 1 is 1.18 bits per heavy atom. The van der Waals surface area contributed by atoms with Gasteiger partial charge in [0.1, 0.15) is 0 Å². The third kappa shape index (κ3) is 1.94. The molecule has 2 N–H and O–H groups in total. The molecular weight excluding hydrogens is 136 g/mol. The van der Waals surface area contributed by atoms with Crippen molar-refractivity contribution in [3.63, 3.8) is 0 Å². The van der Waals surface area contributed by atoms with Gasteiger partial charge >= 0.3 is 0 Å². The highest BCUT2D eigenvalue weighted by Crippen LogP contribution is 2.19. The van der Waals surface area contributed by atoms with Crippen LogP contribution in [0, 0.1) is 5.92 Å². The van der Waals surface area contributed by atoms with Crippen molar-refractivity contribution in [2.45, 2.75) is 31.7 Å². The average Bonchev–Trinajstić information content (AvgIpc) is 2.60. The molecule has 2 aliphatic rings. The smallest absolute Gasteiger partial charge is 0.00706 e. The lowest BCUT2D eigenvalue weighted by Gasteiger charge is -2.14. The molecule has 0 amide bonds. The van der Waals surface area contributed by atoms with Crippen LogP contribution in [-0.4, -0.2) is 25.7 Å². The van der Waals surface area contributed by atoms with Gasteiger partial charge in [0.05, 0.1) is 0 Å². The van der Waals surface area contributed by atoms with Crippen LogP contribution in [0.15, 0.2) is 0 Å². The molecule has 0 bridgehead atoms. The molecule has 0 aromatic carbocycles. The van der Waals surface area contributed by atoms with Gasteiger partial charge in [-0.3, -0.25) is 0 Å². The van der Waals surface area contributed by atoms with E-state index in [0.29, 0.717) is 0 Å². The predicted octanol–water partition coefficient (Wildman–Crippen LogP) is 0.738. The summed E-state index contributed by atoms with van der Waals surface area (Å²) >= 11 is 0. The summed E-state index contributed by atoms with van der Waals surface area (Å²) in [4.78, 5) is 0. The van der Waals surface area contributed by atoms with Gasteiger partial charge in [0.2, 0.25) is 0 Å². The number of nitrogens with one attached hydrogen (secondary N) is 2. The third-order valence-electron chi connectivity index (χ3n) is 2.94. The lowest BCUT2D eigenvalue weighted by molar-refractivity contribution is 0.437. The molecule has 2 unspecified atom stereocenters. The fourth-order valence-corrected chi connectivity index (χ4v) is 2.28. The van der Waals surface area contributed by atoms with E-state index in [0.717, 1.165) is 12.0 Å². The van der Waals surface area contributed by atoms with E-state index in [1.54, 1.807) is 0 Å². The molecule has 0 aromatic heterocycles. The molecule has 2 aliphatic heterocycles. The average molecular weight is 154 g/mol. The summed E-state index contributed by atoms with van der Waals surface area (Å²) in [6.07, 6.45) is 5.62. The Bertz CT molecular complexity index is 98.7. The van der Waals surface area contributed by atoms with E-state index in [1.165, 1.54) is 45.3 Å². The van der Waals surface area contributed by atoms with Crippen LogP contribution < -0.4 is 10.6 Å². The minimum atomic E-state index is 0.847. The first-order valence-electron chi connectivity index (χ1n) is 4.89. The van der Waals surface area contributed by atoms with Crippen LogP contribution in [0.3, 0.4) is 0 Å². The minimum absolute atomic E-state index is 0.847. The van der Waals surface area contributed by atoms with Gasteiger partial charge in [-0.25, -0.2) is 0 Å².